The molecule has 0 bridgehead atoms. The third-order valence-electron chi connectivity index (χ3n) is 4.99. The second-order valence-corrected chi connectivity index (χ2v) is 9.43. The minimum atomic E-state index is -3.28. The zero-order chi connectivity index (χ0) is 18.6. The summed E-state index contributed by atoms with van der Waals surface area (Å²) in [6, 6.07) is 13.0. The minimum Gasteiger partial charge on any atom is -0.302 e. The topological polar surface area (TPSA) is 37.4 Å². The summed E-state index contributed by atoms with van der Waals surface area (Å²) >= 11 is 5.82. The molecule has 0 radical (unpaired) electrons. The van der Waals surface area contributed by atoms with Crippen molar-refractivity contribution in [2.75, 3.05) is 25.4 Å². The second-order valence-electron chi connectivity index (χ2n) is 6.89. The highest BCUT2D eigenvalue weighted by molar-refractivity contribution is 7.91. The maximum absolute atomic E-state index is 13.0. The van der Waals surface area contributed by atoms with Crippen molar-refractivity contribution in [2.45, 2.75) is 24.2 Å². The van der Waals surface area contributed by atoms with E-state index in [1.54, 1.807) is 24.3 Å². The highest BCUT2D eigenvalue weighted by Crippen LogP contribution is 2.22. The van der Waals surface area contributed by atoms with Crippen LogP contribution in [-0.4, -0.2) is 38.7 Å². The Kier molecular flexibility index (Phi) is 6.33. The van der Waals surface area contributed by atoms with Gasteiger partial charge in [-0.05, 0) is 80.2 Å². The number of hydrogen-bond donors (Lipinski definition) is 0. The fourth-order valence-corrected chi connectivity index (χ4v) is 4.79. The van der Waals surface area contributed by atoms with Gasteiger partial charge in [-0.2, -0.15) is 0 Å². The van der Waals surface area contributed by atoms with E-state index < -0.39 is 9.84 Å². The first-order chi connectivity index (χ1) is 12.4. The van der Waals surface area contributed by atoms with E-state index in [0.29, 0.717) is 22.4 Å². The van der Waals surface area contributed by atoms with Gasteiger partial charge in [0.15, 0.2) is 9.84 Å². The van der Waals surface area contributed by atoms with Crippen molar-refractivity contribution in [3.8, 4) is 0 Å². The molecule has 0 unspecified atom stereocenters. The Bertz CT molecular complexity index is 814. The molecule has 2 aromatic carbocycles. The van der Waals surface area contributed by atoms with Crippen LogP contribution in [-0.2, 0) is 16.3 Å². The summed E-state index contributed by atoms with van der Waals surface area (Å²) < 4.78 is 37.8. The third-order valence-corrected chi connectivity index (χ3v) is 6.96. The quantitative estimate of drug-likeness (QED) is 0.735. The number of benzene rings is 2. The number of rotatable bonds is 6. The zero-order valence-electron chi connectivity index (χ0n) is 14.6. The smallest absolute Gasteiger partial charge is 0.179 e. The van der Waals surface area contributed by atoms with Crippen LogP contribution >= 0.6 is 11.6 Å². The van der Waals surface area contributed by atoms with Gasteiger partial charge in [-0.1, -0.05) is 23.7 Å². The predicted octanol–water partition coefficient (Wildman–Crippen LogP) is 4.21. The maximum Gasteiger partial charge on any atom is 0.179 e. The first-order valence-corrected chi connectivity index (χ1v) is 10.9. The van der Waals surface area contributed by atoms with Gasteiger partial charge in [0.1, 0.15) is 5.82 Å². The Labute approximate surface area is 159 Å². The first kappa shape index (κ1) is 19.3. The number of nitrogens with zero attached hydrogens (tertiary/aromatic N) is 1. The van der Waals surface area contributed by atoms with E-state index >= 15 is 0 Å². The van der Waals surface area contributed by atoms with Crippen molar-refractivity contribution < 1.29 is 12.8 Å². The summed E-state index contributed by atoms with van der Waals surface area (Å²) in [4.78, 5) is 2.54. The second kappa shape index (κ2) is 8.51. The van der Waals surface area contributed by atoms with E-state index in [4.69, 9.17) is 11.6 Å². The van der Waals surface area contributed by atoms with Crippen LogP contribution in [0.5, 0.6) is 0 Å². The van der Waals surface area contributed by atoms with E-state index in [0.717, 1.165) is 37.9 Å². The van der Waals surface area contributed by atoms with Crippen molar-refractivity contribution in [1.29, 1.82) is 0 Å². The lowest BCUT2D eigenvalue weighted by Gasteiger charge is -2.31. The molecule has 1 aliphatic heterocycles. The van der Waals surface area contributed by atoms with Crippen LogP contribution in [0.2, 0.25) is 5.02 Å². The van der Waals surface area contributed by atoms with Gasteiger partial charge in [0.25, 0.3) is 0 Å². The minimum absolute atomic E-state index is 0.122. The van der Waals surface area contributed by atoms with Crippen LogP contribution in [0.4, 0.5) is 4.39 Å². The summed E-state index contributed by atoms with van der Waals surface area (Å²) in [5, 5.41) is 0.534. The molecule has 1 saturated heterocycles. The molecule has 3 nitrogen and oxygen atoms in total. The Morgan fingerprint density at radius 3 is 2.23 bits per heavy atom. The van der Waals surface area contributed by atoms with E-state index in [9.17, 15) is 12.8 Å². The summed E-state index contributed by atoms with van der Waals surface area (Å²) in [6.45, 7) is 2.36. The summed E-state index contributed by atoms with van der Waals surface area (Å²) in [7, 11) is -3.28. The van der Waals surface area contributed by atoms with Crippen LogP contribution in [0, 0.1) is 11.7 Å². The lowest BCUT2D eigenvalue weighted by Crippen LogP contribution is -2.37. The van der Waals surface area contributed by atoms with Gasteiger partial charge in [0, 0.05) is 11.6 Å². The van der Waals surface area contributed by atoms with Gasteiger partial charge in [-0.25, -0.2) is 12.8 Å². The molecule has 2 aromatic rings. The van der Waals surface area contributed by atoms with Gasteiger partial charge in [0.2, 0.25) is 0 Å². The Balaban J connectivity index is 1.46. The van der Waals surface area contributed by atoms with Crippen LogP contribution in [0.15, 0.2) is 53.4 Å². The number of halogens is 2. The molecule has 3 rings (SSSR count). The first-order valence-electron chi connectivity index (χ1n) is 8.87. The normalized spacial score (nSPS) is 16.7. The summed E-state index contributed by atoms with van der Waals surface area (Å²) in [5.74, 6) is 0.493. The highest BCUT2D eigenvalue weighted by Gasteiger charge is 2.22. The average Bonchev–Trinajstić information content (AvgIpc) is 2.63. The van der Waals surface area contributed by atoms with E-state index in [-0.39, 0.29) is 11.6 Å². The molecule has 0 aliphatic carbocycles. The fourth-order valence-electron chi connectivity index (χ4n) is 3.38. The third kappa shape index (κ3) is 5.29. The molecule has 0 atom stereocenters. The van der Waals surface area contributed by atoms with Crippen molar-refractivity contribution in [3.63, 3.8) is 0 Å². The number of likely N-dealkylation sites (tertiary alicyclic amines) is 1. The van der Waals surface area contributed by atoms with E-state index in [1.165, 1.54) is 12.1 Å². The van der Waals surface area contributed by atoms with Gasteiger partial charge < -0.3 is 4.90 Å². The van der Waals surface area contributed by atoms with Crippen LogP contribution in [0.25, 0.3) is 0 Å². The molecule has 0 saturated carbocycles. The largest absolute Gasteiger partial charge is 0.302 e. The molecule has 26 heavy (non-hydrogen) atoms. The van der Waals surface area contributed by atoms with Gasteiger partial charge in [-0.3, -0.25) is 0 Å². The molecule has 6 heteroatoms. The predicted molar refractivity (Wildman–Crippen MR) is 103 cm³/mol. The van der Waals surface area contributed by atoms with Gasteiger partial charge in [-0.15, -0.1) is 0 Å². The monoisotopic (exact) mass is 395 g/mol. The molecule has 0 spiro atoms. The fraction of sp³-hybridized carbons (Fsp3) is 0.400. The SMILES string of the molecule is O=S(=O)(CCN1CCC(Cc2ccc(F)cc2)CC1)c1ccc(Cl)cc1. The van der Waals surface area contributed by atoms with E-state index in [2.05, 4.69) is 4.90 Å². The van der Waals surface area contributed by atoms with E-state index in [1.807, 2.05) is 12.1 Å². The molecule has 0 N–H and O–H groups in total. The molecule has 1 heterocycles. The zero-order valence-corrected chi connectivity index (χ0v) is 16.1. The van der Waals surface area contributed by atoms with Gasteiger partial charge >= 0.3 is 0 Å². The molecule has 0 aromatic heterocycles. The lowest BCUT2D eigenvalue weighted by molar-refractivity contribution is 0.193. The van der Waals surface area contributed by atoms with Crippen molar-refractivity contribution >= 4 is 21.4 Å². The maximum atomic E-state index is 13.0. The van der Waals surface area contributed by atoms with Crippen LogP contribution in [0.1, 0.15) is 18.4 Å². The Morgan fingerprint density at radius 2 is 1.62 bits per heavy atom. The Hall–Kier alpha value is -1.43. The van der Waals surface area contributed by atoms with Gasteiger partial charge in [0.05, 0.1) is 10.6 Å². The van der Waals surface area contributed by atoms with Crippen molar-refractivity contribution in [3.05, 3.63) is 64.9 Å². The number of sulfone groups is 1. The standard InChI is InChI=1S/C20H23ClFNO2S/c21-18-3-7-20(8-4-18)26(24,25)14-13-23-11-9-17(10-12-23)15-16-1-5-19(22)6-2-16/h1-8,17H,9-15H2. The van der Waals surface area contributed by atoms with Crippen LogP contribution in [0.3, 0.4) is 0 Å². The molecule has 140 valence electrons. The highest BCUT2D eigenvalue weighted by atomic mass is 35.5. The Morgan fingerprint density at radius 1 is 1.00 bits per heavy atom. The van der Waals surface area contributed by atoms with Crippen molar-refractivity contribution in [1.82, 2.24) is 4.90 Å². The number of hydrogen-bond acceptors (Lipinski definition) is 3. The lowest BCUT2D eigenvalue weighted by atomic mass is 9.90. The molecular weight excluding hydrogens is 373 g/mol. The average molecular weight is 396 g/mol. The number of piperidine rings is 1. The summed E-state index contributed by atoms with van der Waals surface area (Å²) in [6.07, 6.45) is 3.04. The summed E-state index contributed by atoms with van der Waals surface area (Å²) in [5.41, 5.74) is 1.16. The van der Waals surface area contributed by atoms with Crippen LogP contribution < -0.4 is 0 Å². The molecular formula is C20H23ClFNO2S. The van der Waals surface area contributed by atoms with Crippen molar-refractivity contribution in [2.24, 2.45) is 5.92 Å². The molecule has 0 amide bonds. The molecule has 1 fully saturated rings. The molecule has 1 aliphatic rings.